The first kappa shape index (κ1) is 16.3. The number of rotatable bonds is 6. The molecule has 0 aromatic rings. The molecule has 0 aromatic heterocycles. The number of piperidine rings is 1. The molecule has 0 radical (unpaired) electrons. The van der Waals surface area contributed by atoms with E-state index in [9.17, 15) is 17.2 Å². The maximum Gasteiger partial charge on any atom is 0.350 e. The molecule has 1 aliphatic heterocycles. The third-order valence-corrected chi connectivity index (χ3v) is 6.95. The van der Waals surface area contributed by atoms with Crippen LogP contribution in [0.4, 0.5) is 8.78 Å². The Morgan fingerprint density at radius 1 is 1.14 bits per heavy atom. The first-order valence-electron chi connectivity index (χ1n) is 8.13. The largest absolute Gasteiger partial charge is 0.350 e. The SMILES string of the molecule is O=S(=O)(C(F)F)N1CCC(CNC[C@@H]2C[C@H]3C=C[C@H]2C3)CC1. The molecule has 2 fully saturated rings. The Morgan fingerprint density at radius 3 is 2.41 bits per heavy atom. The van der Waals surface area contributed by atoms with Gasteiger partial charge >= 0.3 is 5.76 Å². The van der Waals surface area contributed by atoms with Crippen LogP contribution < -0.4 is 5.32 Å². The molecule has 0 unspecified atom stereocenters. The highest BCUT2D eigenvalue weighted by Gasteiger charge is 2.36. The van der Waals surface area contributed by atoms with Gasteiger partial charge in [-0.05, 0) is 62.4 Å². The molecule has 3 aliphatic rings. The molecule has 22 heavy (non-hydrogen) atoms. The molecular weight excluding hydrogens is 310 g/mol. The second-order valence-corrected chi connectivity index (χ2v) is 8.75. The van der Waals surface area contributed by atoms with Crippen molar-refractivity contribution in [2.75, 3.05) is 26.2 Å². The van der Waals surface area contributed by atoms with E-state index < -0.39 is 15.8 Å². The zero-order chi connectivity index (χ0) is 15.7. The molecule has 2 aliphatic carbocycles. The van der Waals surface area contributed by atoms with Gasteiger partial charge in [0.2, 0.25) is 0 Å². The first-order chi connectivity index (χ1) is 10.5. The van der Waals surface area contributed by atoms with Crippen molar-refractivity contribution in [2.45, 2.75) is 31.4 Å². The van der Waals surface area contributed by atoms with Gasteiger partial charge in [-0.1, -0.05) is 12.2 Å². The number of hydrogen-bond acceptors (Lipinski definition) is 3. The standard InChI is InChI=1S/C15H24F2N2O2S/c16-15(17)22(20,21)19-5-3-11(4-6-19)9-18-10-14-8-12-1-2-13(14)7-12/h1-2,11-15,18H,3-10H2/t12-,13-,14-/m0/s1. The zero-order valence-corrected chi connectivity index (χ0v) is 13.4. The lowest BCUT2D eigenvalue weighted by molar-refractivity contribution is 0.202. The summed E-state index contributed by atoms with van der Waals surface area (Å²) >= 11 is 0. The molecule has 3 rings (SSSR count). The summed E-state index contributed by atoms with van der Waals surface area (Å²) in [4.78, 5) is 0. The van der Waals surface area contributed by atoms with Crippen molar-refractivity contribution in [3.8, 4) is 0 Å². The van der Waals surface area contributed by atoms with E-state index in [1.165, 1.54) is 12.8 Å². The molecule has 0 amide bonds. The highest BCUT2D eigenvalue weighted by molar-refractivity contribution is 7.89. The fourth-order valence-corrected chi connectivity index (χ4v) is 5.03. The van der Waals surface area contributed by atoms with Gasteiger partial charge in [0.05, 0.1) is 0 Å². The Bertz CT molecular complexity index is 516. The van der Waals surface area contributed by atoms with Crippen LogP contribution in [0.3, 0.4) is 0 Å². The number of fused-ring (bicyclic) bond motifs is 2. The highest BCUT2D eigenvalue weighted by Crippen LogP contribution is 2.42. The lowest BCUT2D eigenvalue weighted by Crippen LogP contribution is -2.43. The molecule has 126 valence electrons. The van der Waals surface area contributed by atoms with Crippen LogP contribution in [0.5, 0.6) is 0 Å². The molecule has 0 aromatic carbocycles. The van der Waals surface area contributed by atoms with Gasteiger partial charge in [-0.2, -0.15) is 13.1 Å². The monoisotopic (exact) mass is 334 g/mol. The minimum atomic E-state index is -4.39. The number of sulfonamides is 1. The van der Waals surface area contributed by atoms with Gasteiger partial charge in [-0.3, -0.25) is 0 Å². The van der Waals surface area contributed by atoms with Crippen molar-refractivity contribution < 1.29 is 17.2 Å². The molecule has 1 saturated carbocycles. The van der Waals surface area contributed by atoms with Gasteiger partial charge in [0.15, 0.2) is 0 Å². The van der Waals surface area contributed by atoms with Crippen LogP contribution in [-0.2, 0) is 10.0 Å². The van der Waals surface area contributed by atoms with Gasteiger partial charge in [-0.15, -0.1) is 0 Å². The van der Waals surface area contributed by atoms with Crippen LogP contribution in [0, 0.1) is 23.7 Å². The lowest BCUT2D eigenvalue weighted by atomic mass is 9.93. The molecule has 1 N–H and O–H groups in total. The minimum Gasteiger partial charge on any atom is -0.316 e. The maximum atomic E-state index is 12.5. The molecule has 4 nitrogen and oxygen atoms in total. The summed E-state index contributed by atoms with van der Waals surface area (Å²) in [6.07, 6.45) is 8.58. The lowest BCUT2D eigenvalue weighted by Gasteiger charge is -2.31. The quantitative estimate of drug-likeness (QED) is 0.757. The Morgan fingerprint density at radius 2 is 1.86 bits per heavy atom. The molecule has 2 bridgehead atoms. The van der Waals surface area contributed by atoms with Crippen LogP contribution in [0.15, 0.2) is 12.2 Å². The van der Waals surface area contributed by atoms with E-state index in [1.807, 2.05) is 0 Å². The van der Waals surface area contributed by atoms with E-state index in [2.05, 4.69) is 17.5 Å². The average molecular weight is 334 g/mol. The summed E-state index contributed by atoms with van der Waals surface area (Å²) < 4.78 is 48.7. The number of alkyl halides is 2. The number of halogens is 2. The molecule has 0 spiro atoms. The summed E-state index contributed by atoms with van der Waals surface area (Å²) in [6, 6.07) is 0. The van der Waals surface area contributed by atoms with Crippen molar-refractivity contribution in [3.05, 3.63) is 12.2 Å². The van der Waals surface area contributed by atoms with Crippen LogP contribution in [0.25, 0.3) is 0 Å². The minimum absolute atomic E-state index is 0.218. The summed E-state index contributed by atoms with van der Waals surface area (Å²) in [6.45, 7) is 2.31. The average Bonchev–Trinajstić information content (AvgIpc) is 3.10. The maximum absolute atomic E-state index is 12.5. The first-order valence-corrected chi connectivity index (χ1v) is 9.63. The van der Waals surface area contributed by atoms with Crippen molar-refractivity contribution in [2.24, 2.45) is 23.7 Å². The van der Waals surface area contributed by atoms with Crippen LogP contribution in [0.2, 0.25) is 0 Å². The molecule has 7 heteroatoms. The predicted molar refractivity (Wildman–Crippen MR) is 80.9 cm³/mol. The normalized spacial score (nSPS) is 33.1. The van der Waals surface area contributed by atoms with E-state index in [0.29, 0.717) is 18.8 Å². The van der Waals surface area contributed by atoms with Crippen LogP contribution in [0.1, 0.15) is 25.7 Å². The van der Waals surface area contributed by atoms with Crippen molar-refractivity contribution >= 4 is 10.0 Å². The summed E-state index contributed by atoms with van der Waals surface area (Å²) in [5.41, 5.74) is 0. The highest BCUT2D eigenvalue weighted by atomic mass is 32.2. The van der Waals surface area contributed by atoms with E-state index in [0.717, 1.165) is 35.1 Å². The summed E-state index contributed by atoms with van der Waals surface area (Å²) in [5.74, 6) is -0.671. The summed E-state index contributed by atoms with van der Waals surface area (Å²) in [5, 5.41) is 3.51. The van der Waals surface area contributed by atoms with Gasteiger partial charge in [0, 0.05) is 13.1 Å². The van der Waals surface area contributed by atoms with E-state index in [-0.39, 0.29) is 13.1 Å². The molecule has 3 atom stereocenters. The Balaban J connectivity index is 1.37. The molecule has 1 saturated heterocycles. The van der Waals surface area contributed by atoms with E-state index in [4.69, 9.17) is 0 Å². The molecule has 1 heterocycles. The fourth-order valence-electron chi connectivity index (χ4n) is 4.08. The predicted octanol–water partition coefficient (Wildman–Crippen LogP) is 2.05. The zero-order valence-electron chi connectivity index (χ0n) is 12.6. The van der Waals surface area contributed by atoms with Gasteiger partial charge < -0.3 is 5.32 Å². The topological polar surface area (TPSA) is 49.4 Å². The van der Waals surface area contributed by atoms with Gasteiger partial charge in [0.25, 0.3) is 10.0 Å². The molecular formula is C15H24F2N2O2S. The fraction of sp³-hybridized carbons (Fsp3) is 0.867. The third kappa shape index (κ3) is 3.36. The Labute approximate surface area is 131 Å². The van der Waals surface area contributed by atoms with E-state index in [1.54, 1.807) is 0 Å². The number of hydrogen-bond donors (Lipinski definition) is 1. The second kappa shape index (κ2) is 6.53. The number of nitrogens with zero attached hydrogens (tertiary/aromatic N) is 1. The van der Waals surface area contributed by atoms with Gasteiger partial charge in [0.1, 0.15) is 0 Å². The third-order valence-electron chi connectivity index (χ3n) is 5.41. The Kier molecular flexibility index (Phi) is 4.85. The van der Waals surface area contributed by atoms with Gasteiger partial charge in [-0.25, -0.2) is 8.42 Å². The van der Waals surface area contributed by atoms with Crippen molar-refractivity contribution in [3.63, 3.8) is 0 Å². The smallest absolute Gasteiger partial charge is 0.316 e. The Hall–Kier alpha value is -0.530. The van der Waals surface area contributed by atoms with Crippen molar-refractivity contribution in [1.29, 1.82) is 0 Å². The van der Waals surface area contributed by atoms with Crippen LogP contribution in [-0.4, -0.2) is 44.7 Å². The van der Waals surface area contributed by atoms with Crippen molar-refractivity contribution in [1.82, 2.24) is 9.62 Å². The van der Waals surface area contributed by atoms with Crippen LogP contribution >= 0.6 is 0 Å². The van der Waals surface area contributed by atoms with E-state index >= 15 is 0 Å². The number of nitrogens with one attached hydrogen (secondary N) is 1. The summed E-state index contributed by atoms with van der Waals surface area (Å²) in [7, 11) is -4.39. The second-order valence-electron chi connectivity index (χ2n) is 6.85. The number of allylic oxidation sites excluding steroid dienone is 2.